The molecule has 0 radical (unpaired) electrons. The van der Waals surface area contributed by atoms with E-state index in [4.69, 9.17) is 15.2 Å². The summed E-state index contributed by atoms with van der Waals surface area (Å²) in [5, 5.41) is 3.05. The van der Waals surface area contributed by atoms with Crippen molar-refractivity contribution in [3.63, 3.8) is 0 Å². The molecule has 0 spiro atoms. The number of carbonyl (C=O) groups excluding carboxylic acids is 1. The van der Waals surface area contributed by atoms with Gasteiger partial charge in [-0.05, 0) is 40.0 Å². The number of aliphatic imine (C=N–C) groups is 1. The van der Waals surface area contributed by atoms with Gasteiger partial charge in [-0.2, -0.15) is 0 Å². The highest BCUT2D eigenvalue weighted by atomic mass is 127. The number of halogens is 1. The predicted octanol–water partition coefficient (Wildman–Crippen LogP) is 2.44. The number of nitrogens with two attached hydrogens (primary N) is 1. The molecule has 0 heterocycles. The molecule has 0 aliphatic rings. The van der Waals surface area contributed by atoms with Crippen molar-refractivity contribution in [2.45, 2.75) is 46.6 Å². The van der Waals surface area contributed by atoms with E-state index < -0.39 is 5.60 Å². The van der Waals surface area contributed by atoms with Gasteiger partial charge in [-0.25, -0.2) is 4.79 Å². The van der Waals surface area contributed by atoms with Crippen LogP contribution in [0.25, 0.3) is 0 Å². The normalized spacial score (nSPS) is 13.0. The number of guanidine groups is 1. The van der Waals surface area contributed by atoms with Crippen LogP contribution in [0.3, 0.4) is 0 Å². The Hall–Kier alpha value is -0.770. The molecule has 0 bridgehead atoms. The van der Waals surface area contributed by atoms with Crippen molar-refractivity contribution in [3.8, 4) is 0 Å². The lowest BCUT2D eigenvalue weighted by Crippen LogP contribution is -2.37. The van der Waals surface area contributed by atoms with Gasteiger partial charge in [-0.1, -0.05) is 6.92 Å². The van der Waals surface area contributed by atoms with E-state index in [0.29, 0.717) is 25.7 Å². The first kappa shape index (κ1) is 25.5. The SMILES string of the molecule is CCOCCCNC(N)=NCC(C)CN(C)C(=O)OC(C)(C)C.I. The van der Waals surface area contributed by atoms with E-state index in [1.807, 2.05) is 34.6 Å². The summed E-state index contributed by atoms with van der Waals surface area (Å²) in [4.78, 5) is 17.7. The average molecular weight is 458 g/mol. The van der Waals surface area contributed by atoms with Gasteiger partial charge in [0.05, 0.1) is 0 Å². The lowest BCUT2D eigenvalue weighted by molar-refractivity contribution is 0.0279. The van der Waals surface area contributed by atoms with E-state index in [1.165, 1.54) is 0 Å². The molecule has 0 fully saturated rings. The molecule has 0 aromatic heterocycles. The largest absolute Gasteiger partial charge is 0.444 e. The third-order valence-corrected chi connectivity index (χ3v) is 2.84. The van der Waals surface area contributed by atoms with Crippen molar-refractivity contribution in [1.82, 2.24) is 10.2 Å². The second-order valence-electron chi connectivity index (χ2n) is 6.67. The van der Waals surface area contributed by atoms with E-state index >= 15 is 0 Å². The van der Waals surface area contributed by atoms with Crippen molar-refractivity contribution < 1.29 is 14.3 Å². The molecule has 7 nitrogen and oxygen atoms in total. The minimum atomic E-state index is -0.484. The van der Waals surface area contributed by atoms with Gasteiger partial charge in [0.1, 0.15) is 5.60 Å². The van der Waals surface area contributed by atoms with Crippen molar-refractivity contribution in [2.75, 3.05) is 39.9 Å². The summed E-state index contributed by atoms with van der Waals surface area (Å²) < 4.78 is 10.6. The molecule has 8 heteroatoms. The van der Waals surface area contributed by atoms with E-state index in [0.717, 1.165) is 19.6 Å². The zero-order chi connectivity index (χ0) is 17.9. The topological polar surface area (TPSA) is 89.2 Å². The summed E-state index contributed by atoms with van der Waals surface area (Å²) >= 11 is 0. The van der Waals surface area contributed by atoms with E-state index in [9.17, 15) is 4.79 Å². The highest BCUT2D eigenvalue weighted by Crippen LogP contribution is 2.10. The summed E-state index contributed by atoms with van der Waals surface area (Å²) in [6.45, 7) is 12.8. The van der Waals surface area contributed by atoms with Gasteiger partial charge >= 0.3 is 6.09 Å². The molecule has 0 aromatic rings. The number of ether oxygens (including phenoxy) is 2. The van der Waals surface area contributed by atoms with Gasteiger partial charge in [0.15, 0.2) is 5.96 Å². The first-order valence-electron chi connectivity index (χ1n) is 8.21. The van der Waals surface area contributed by atoms with Gasteiger partial charge in [0, 0.05) is 39.9 Å². The number of amides is 1. The van der Waals surface area contributed by atoms with E-state index in [2.05, 4.69) is 10.3 Å². The third-order valence-electron chi connectivity index (χ3n) is 2.84. The molecule has 144 valence electrons. The number of nitrogens with one attached hydrogen (secondary N) is 1. The highest BCUT2D eigenvalue weighted by molar-refractivity contribution is 14.0. The Morgan fingerprint density at radius 3 is 2.54 bits per heavy atom. The molecule has 1 unspecified atom stereocenters. The zero-order valence-electron chi connectivity index (χ0n) is 15.9. The first-order valence-corrected chi connectivity index (χ1v) is 8.21. The highest BCUT2D eigenvalue weighted by Gasteiger charge is 2.20. The average Bonchev–Trinajstić information content (AvgIpc) is 2.43. The maximum absolute atomic E-state index is 11.9. The van der Waals surface area contributed by atoms with Crippen LogP contribution < -0.4 is 11.1 Å². The van der Waals surface area contributed by atoms with Gasteiger partial charge in [0.25, 0.3) is 0 Å². The van der Waals surface area contributed by atoms with Crippen molar-refractivity contribution in [3.05, 3.63) is 0 Å². The van der Waals surface area contributed by atoms with Crippen molar-refractivity contribution in [2.24, 2.45) is 16.6 Å². The molecule has 3 N–H and O–H groups in total. The maximum Gasteiger partial charge on any atom is 0.410 e. The Bertz CT molecular complexity index is 373. The van der Waals surface area contributed by atoms with Crippen LogP contribution in [0.15, 0.2) is 4.99 Å². The quantitative estimate of drug-likeness (QED) is 0.240. The Kier molecular flexibility index (Phi) is 14.3. The second-order valence-corrected chi connectivity index (χ2v) is 6.67. The third kappa shape index (κ3) is 14.8. The maximum atomic E-state index is 11.9. The van der Waals surface area contributed by atoms with Crippen LogP contribution in [0.1, 0.15) is 41.0 Å². The summed E-state index contributed by atoms with van der Waals surface area (Å²) in [5.41, 5.74) is 5.32. The molecule has 1 amide bonds. The monoisotopic (exact) mass is 458 g/mol. The Morgan fingerprint density at radius 2 is 2.00 bits per heavy atom. The van der Waals surface area contributed by atoms with Gasteiger partial charge in [0.2, 0.25) is 0 Å². The number of hydrogen-bond acceptors (Lipinski definition) is 4. The Morgan fingerprint density at radius 1 is 1.38 bits per heavy atom. The zero-order valence-corrected chi connectivity index (χ0v) is 18.3. The molecular weight excluding hydrogens is 423 g/mol. The summed E-state index contributed by atoms with van der Waals surface area (Å²) in [5.74, 6) is 0.615. The van der Waals surface area contributed by atoms with Crippen LogP contribution in [-0.4, -0.2) is 62.4 Å². The van der Waals surface area contributed by atoms with Crippen LogP contribution in [0.5, 0.6) is 0 Å². The van der Waals surface area contributed by atoms with Gasteiger partial charge in [-0.15, -0.1) is 24.0 Å². The fourth-order valence-electron chi connectivity index (χ4n) is 1.78. The summed E-state index contributed by atoms with van der Waals surface area (Å²) in [6, 6.07) is 0. The van der Waals surface area contributed by atoms with Gasteiger partial charge < -0.3 is 25.4 Å². The van der Waals surface area contributed by atoms with Gasteiger partial charge in [-0.3, -0.25) is 4.99 Å². The number of rotatable bonds is 9. The second kappa shape index (κ2) is 13.5. The smallest absolute Gasteiger partial charge is 0.410 e. The minimum absolute atomic E-state index is 0. The number of nitrogens with zero attached hydrogens (tertiary/aromatic N) is 2. The molecule has 0 saturated carbocycles. The van der Waals surface area contributed by atoms with Crippen LogP contribution in [0.4, 0.5) is 4.79 Å². The van der Waals surface area contributed by atoms with Crippen molar-refractivity contribution in [1.29, 1.82) is 0 Å². The summed E-state index contributed by atoms with van der Waals surface area (Å²) in [7, 11) is 1.73. The van der Waals surface area contributed by atoms with E-state index in [1.54, 1.807) is 11.9 Å². The summed E-state index contributed by atoms with van der Waals surface area (Å²) in [6.07, 6.45) is 0.566. The Labute approximate surface area is 163 Å². The molecule has 24 heavy (non-hydrogen) atoms. The molecular formula is C16H35IN4O3. The molecule has 1 atom stereocenters. The van der Waals surface area contributed by atoms with Crippen LogP contribution in [0.2, 0.25) is 0 Å². The minimum Gasteiger partial charge on any atom is -0.444 e. The lowest BCUT2D eigenvalue weighted by Gasteiger charge is -2.26. The number of hydrogen-bond donors (Lipinski definition) is 2. The van der Waals surface area contributed by atoms with Crippen molar-refractivity contribution >= 4 is 36.0 Å². The van der Waals surface area contributed by atoms with Crippen LogP contribution in [-0.2, 0) is 9.47 Å². The molecule has 0 saturated heterocycles. The fraction of sp³-hybridized carbons (Fsp3) is 0.875. The van der Waals surface area contributed by atoms with Crippen LogP contribution >= 0.6 is 24.0 Å². The Balaban J connectivity index is 0. The molecule has 0 aliphatic carbocycles. The standard InChI is InChI=1S/C16H34N4O3.HI/c1-7-22-10-8-9-18-14(17)19-11-13(2)12-20(6)15(21)23-16(3,4)5;/h13H,7-12H2,1-6H3,(H3,17,18,19);1H. The molecule has 0 aromatic carbocycles. The van der Waals surface area contributed by atoms with E-state index in [-0.39, 0.29) is 36.0 Å². The predicted molar refractivity (Wildman–Crippen MR) is 109 cm³/mol. The fourth-order valence-corrected chi connectivity index (χ4v) is 1.78. The van der Waals surface area contributed by atoms with Crippen LogP contribution in [0, 0.1) is 5.92 Å². The number of carbonyl (C=O) groups is 1. The molecule has 0 rings (SSSR count). The molecule has 0 aliphatic heterocycles. The first-order chi connectivity index (χ1) is 10.7. The lowest BCUT2D eigenvalue weighted by atomic mass is 10.2.